The number of benzene rings is 2. The number of nitrogens with zero attached hydrogens (tertiary/aromatic N) is 2. The summed E-state index contributed by atoms with van der Waals surface area (Å²) in [6.45, 7) is 0. The normalized spacial score (nSPS) is 13.0. The molecule has 136 valence electrons. The van der Waals surface area contributed by atoms with E-state index < -0.39 is 23.6 Å². The van der Waals surface area contributed by atoms with Gasteiger partial charge in [-0.3, -0.25) is 4.79 Å². The van der Waals surface area contributed by atoms with E-state index in [2.05, 4.69) is 9.97 Å². The van der Waals surface area contributed by atoms with Crippen molar-refractivity contribution in [3.8, 4) is 0 Å². The largest absolute Gasteiger partial charge is 0.387 e. The van der Waals surface area contributed by atoms with Crippen molar-refractivity contribution in [3.63, 3.8) is 0 Å². The minimum Gasteiger partial charge on any atom is -0.387 e. The van der Waals surface area contributed by atoms with Gasteiger partial charge in [0.2, 0.25) is 0 Å². The quantitative estimate of drug-likeness (QED) is 0.499. The molecule has 2 aromatic carbocycles. The zero-order valence-electron chi connectivity index (χ0n) is 14.0. The maximum atomic E-state index is 13.2. The van der Waals surface area contributed by atoms with Gasteiger partial charge in [-0.2, -0.15) is 0 Å². The first kappa shape index (κ1) is 18.8. The van der Waals surface area contributed by atoms with Crippen LogP contribution in [0.1, 0.15) is 27.6 Å². The zero-order chi connectivity index (χ0) is 19.4. The Balaban J connectivity index is 2.02. The summed E-state index contributed by atoms with van der Waals surface area (Å²) < 4.78 is 13.2. The van der Waals surface area contributed by atoms with Gasteiger partial charge in [0.1, 0.15) is 12.1 Å². The molecule has 5 nitrogen and oxygen atoms in total. The highest BCUT2D eigenvalue weighted by atomic mass is 35.5. The molecule has 2 unspecified atom stereocenters. The standard InChI is InChI=1S/C20H15ClFN3O2/c21-15-5-1-12(2-6-15)18(23)17(20(27)14-9-24-11-25-10-14)19(26)13-3-7-16(22)8-4-13/h1-11,17,20,23,27H. The number of carbonyl (C=O) groups is 1. The van der Waals surface area contributed by atoms with Crippen LogP contribution in [0.3, 0.4) is 0 Å². The van der Waals surface area contributed by atoms with Gasteiger partial charge in [0.25, 0.3) is 0 Å². The molecule has 0 aliphatic carbocycles. The van der Waals surface area contributed by atoms with Gasteiger partial charge in [-0.25, -0.2) is 14.4 Å². The fourth-order valence-corrected chi connectivity index (χ4v) is 2.82. The molecule has 0 amide bonds. The number of aliphatic hydroxyl groups excluding tert-OH is 1. The Hall–Kier alpha value is -2.96. The average molecular weight is 384 g/mol. The highest BCUT2D eigenvalue weighted by Crippen LogP contribution is 2.28. The van der Waals surface area contributed by atoms with E-state index >= 15 is 0 Å². The van der Waals surface area contributed by atoms with Crippen molar-refractivity contribution in [3.05, 3.63) is 94.8 Å². The van der Waals surface area contributed by atoms with Gasteiger partial charge in [0.15, 0.2) is 5.78 Å². The van der Waals surface area contributed by atoms with Gasteiger partial charge in [-0.15, -0.1) is 0 Å². The number of hydrogen-bond donors (Lipinski definition) is 2. The van der Waals surface area contributed by atoms with Gasteiger partial charge in [0, 0.05) is 28.5 Å². The summed E-state index contributed by atoms with van der Waals surface area (Å²) in [5.41, 5.74) is 0.848. The Morgan fingerprint density at radius 3 is 2.15 bits per heavy atom. The van der Waals surface area contributed by atoms with Crippen LogP contribution in [0.4, 0.5) is 4.39 Å². The number of carbonyl (C=O) groups excluding carboxylic acids is 1. The van der Waals surface area contributed by atoms with E-state index in [1.807, 2.05) is 0 Å². The van der Waals surface area contributed by atoms with Gasteiger partial charge in [-0.05, 0) is 42.0 Å². The summed E-state index contributed by atoms with van der Waals surface area (Å²) in [5.74, 6) is -2.21. The number of ketones is 1. The van der Waals surface area contributed by atoms with Crippen LogP contribution in [0.5, 0.6) is 0 Å². The van der Waals surface area contributed by atoms with Crippen LogP contribution < -0.4 is 0 Å². The number of rotatable bonds is 6. The Morgan fingerprint density at radius 1 is 1.00 bits per heavy atom. The zero-order valence-corrected chi connectivity index (χ0v) is 14.8. The molecule has 0 aliphatic heterocycles. The summed E-state index contributed by atoms with van der Waals surface area (Å²) in [6, 6.07) is 11.4. The van der Waals surface area contributed by atoms with Crippen LogP contribution >= 0.6 is 11.6 Å². The van der Waals surface area contributed by atoms with Crippen LogP contribution in [-0.4, -0.2) is 26.6 Å². The molecule has 1 aromatic heterocycles. The smallest absolute Gasteiger partial charge is 0.174 e. The minimum atomic E-state index is -1.34. The SMILES string of the molecule is N=C(c1ccc(Cl)cc1)C(C(=O)c1ccc(F)cc1)C(O)c1cncnc1. The van der Waals surface area contributed by atoms with E-state index in [1.165, 1.54) is 30.9 Å². The second-order valence-corrected chi connectivity index (χ2v) is 6.32. The molecule has 0 aliphatic rings. The molecular weight excluding hydrogens is 369 g/mol. The second kappa shape index (κ2) is 8.16. The first-order chi connectivity index (χ1) is 13.0. The third-order valence-corrected chi connectivity index (χ3v) is 4.37. The van der Waals surface area contributed by atoms with E-state index in [1.54, 1.807) is 24.3 Å². The molecule has 3 rings (SSSR count). The topological polar surface area (TPSA) is 86.9 Å². The fraction of sp³-hybridized carbons (Fsp3) is 0.100. The average Bonchev–Trinajstić information content (AvgIpc) is 2.69. The van der Waals surface area contributed by atoms with Crippen molar-refractivity contribution in [1.29, 1.82) is 5.41 Å². The number of halogens is 2. The molecule has 0 radical (unpaired) electrons. The molecule has 0 saturated carbocycles. The Labute approximate surface area is 160 Å². The van der Waals surface area contributed by atoms with Crippen molar-refractivity contribution in [2.24, 2.45) is 5.92 Å². The van der Waals surface area contributed by atoms with E-state index in [0.717, 1.165) is 12.1 Å². The van der Waals surface area contributed by atoms with E-state index in [-0.39, 0.29) is 11.3 Å². The Kier molecular flexibility index (Phi) is 5.69. The highest BCUT2D eigenvalue weighted by Gasteiger charge is 2.33. The third-order valence-electron chi connectivity index (χ3n) is 4.12. The first-order valence-corrected chi connectivity index (χ1v) is 8.42. The van der Waals surface area contributed by atoms with Crippen molar-refractivity contribution in [2.75, 3.05) is 0 Å². The van der Waals surface area contributed by atoms with Crippen LogP contribution in [0.25, 0.3) is 0 Å². The minimum absolute atomic E-state index is 0.0858. The fourth-order valence-electron chi connectivity index (χ4n) is 2.69. The Bertz CT molecular complexity index is 890. The molecule has 27 heavy (non-hydrogen) atoms. The summed E-state index contributed by atoms with van der Waals surface area (Å²) in [5, 5.41) is 19.8. The summed E-state index contributed by atoms with van der Waals surface area (Å²) in [7, 11) is 0. The lowest BCUT2D eigenvalue weighted by molar-refractivity contribution is 0.0792. The third kappa shape index (κ3) is 4.24. The molecule has 2 atom stereocenters. The molecule has 7 heteroatoms. The maximum absolute atomic E-state index is 13.2. The lowest BCUT2D eigenvalue weighted by atomic mass is 9.83. The van der Waals surface area contributed by atoms with Gasteiger partial charge in [0.05, 0.1) is 17.7 Å². The molecule has 1 heterocycles. The number of nitrogens with one attached hydrogen (secondary N) is 1. The van der Waals surface area contributed by atoms with Gasteiger partial charge < -0.3 is 10.5 Å². The van der Waals surface area contributed by atoms with Crippen molar-refractivity contribution in [2.45, 2.75) is 6.10 Å². The van der Waals surface area contributed by atoms with Crippen molar-refractivity contribution < 1.29 is 14.3 Å². The van der Waals surface area contributed by atoms with Crippen LogP contribution in [-0.2, 0) is 0 Å². The van der Waals surface area contributed by atoms with E-state index in [0.29, 0.717) is 16.1 Å². The van der Waals surface area contributed by atoms with E-state index in [4.69, 9.17) is 17.0 Å². The predicted molar refractivity (Wildman–Crippen MR) is 99.5 cm³/mol. The maximum Gasteiger partial charge on any atom is 0.174 e. The Morgan fingerprint density at radius 2 is 1.56 bits per heavy atom. The molecule has 0 spiro atoms. The number of aromatic nitrogens is 2. The molecule has 0 fully saturated rings. The summed E-state index contributed by atoms with van der Waals surface area (Å²) >= 11 is 5.89. The number of hydrogen-bond acceptors (Lipinski definition) is 5. The van der Waals surface area contributed by atoms with E-state index in [9.17, 15) is 14.3 Å². The van der Waals surface area contributed by atoms with Crippen molar-refractivity contribution in [1.82, 2.24) is 9.97 Å². The first-order valence-electron chi connectivity index (χ1n) is 8.04. The molecule has 0 bridgehead atoms. The van der Waals surface area contributed by atoms with Gasteiger partial charge >= 0.3 is 0 Å². The second-order valence-electron chi connectivity index (χ2n) is 5.89. The van der Waals surface area contributed by atoms with Crippen LogP contribution in [0, 0.1) is 17.1 Å². The lowest BCUT2D eigenvalue weighted by Crippen LogP contribution is -2.31. The molecule has 0 saturated heterocycles. The molecular formula is C20H15ClFN3O2. The van der Waals surface area contributed by atoms with Crippen LogP contribution in [0.15, 0.2) is 67.3 Å². The number of Topliss-reactive ketones (excluding diaryl/α,β-unsaturated/α-hetero) is 1. The highest BCUT2D eigenvalue weighted by molar-refractivity contribution is 6.30. The molecule has 3 aromatic rings. The predicted octanol–water partition coefficient (Wildman–Crippen LogP) is 3.87. The summed E-state index contributed by atoms with van der Waals surface area (Å²) in [4.78, 5) is 20.8. The lowest BCUT2D eigenvalue weighted by Gasteiger charge is -2.23. The van der Waals surface area contributed by atoms with Gasteiger partial charge in [-0.1, -0.05) is 23.7 Å². The van der Waals surface area contributed by atoms with Crippen LogP contribution in [0.2, 0.25) is 5.02 Å². The van der Waals surface area contributed by atoms with Crippen molar-refractivity contribution >= 4 is 23.1 Å². The molecule has 2 N–H and O–H groups in total. The number of aliphatic hydroxyl groups is 1. The summed E-state index contributed by atoms with van der Waals surface area (Å²) in [6.07, 6.45) is 2.74. The monoisotopic (exact) mass is 383 g/mol.